The Morgan fingerprint density at radius 2 is 0.642 bits per heavy atom. The van der Waals surface area contributed by atoms with E-state index < -0.39 is 18.2 Å². The summed E-state index contributed by atoms with van der Waals surface area (Å²) in [6.45, 7) is 4.21. The fraction of sp³-hybridized carbons (Fsp3) is 0.979. The number of aliphatic hydroxyl groups excluding tert-OH is 3. The van der Waals surface area contributed by atoms with Gasteiger partial charge in [-0.1, -0.05) is 258 Å². The maximum Gasteiger partial charge on any atom is 0.220 e. The summed E-state index contributed by atoms with van der Waals surface area (Å²) in [6, 6.07) is -0.803. The summed E-state index contributed by atoms with van der Waals surface area (Å²) in [5.41, 5.74) is 0. The Labute approximate surface area is 332 Å². The van der Waals surface area contributed by atoms with Gasteiger partial charge in [0, 0.05) is 6.42 Å². The molecule has 0 saturated heterocycles. The molecule has 3 atom stereocenters. The minimum atomic E-state index is -1.13. The first kappa shape index (κ1) is 52.3. The van der Waals surface area contributed by atoms with Crippen LogP contribution in [0, 0.1) is 0 Å². The molecular formula is C48H97NO4. The largest absolute Gasteiger partial charge is 0.394 e. The zero-order valence-electron chi connectivity index (χ0n) is 36.2. The molecule has 1 amide bonds. The molecule has 0 aliphatic rings. The molecule has 0 fully saturated rings. The second-order valence-corrected chi connectivity index (χ2v) is 17.0. The average Bonchev–Trinajstić information content (AvgIpc) is 3.16. The van der Waals surface area contributed by atoms with E-state index in [1.54, 1.807) is 0 Å². The van der Waals surface area contributed by atoms with Crippen LogP contribution >= 0.6 is 0 Å². The Bertz CT molecular complexity index is 703. The third-order valence-corrected chi connectivity index (χ3v) is 11.7. The minimum Gasteiger partial charge on any atom is -0.394 e. The Balaban J connectivity index is 3.52. The maximum atomic E-state index is 12.5. The van der Waals surface area contributed by atoms with Gasteiger partial charge in [0.25, 0.3) is 0 Å². The Morgan fingerprint density at radius 1 is 0.396 bits per heavy atom. The number of hydrogen-bond donors (Lipinski definition) is 4. The van der Waals surface area contributed by atoms with Crippen molar-refractivity contribution >= 4 is 5.91 Å². The minimum absolute atomic E-state index is 0.138. The van der Waals surface area contributed by atoms with Crippen LogP contribution in [0.3, 0.4) is 0 Å². The molecular weight excluding hydrogens is 655 g/mol. The Morgan fingerprint density at radius 3 is 0.906 bits per heavy atom. The Kier molecular flexibility index (Phi) is 43.5. The van der Waals surface area contributed by atoms with Crippen LogP contribution in [-0.4, -0.2) is 46.1 Å². The predicted octanol–water partition coefficient (Wildman–Crippen LogP) is 14.2. The van der Waals surface area contributed by atoms with Crippen LogP contribution in [0.2, 0.25) is 0 Å². The lowest BCUT2D eigenvalue weighted by Gasteiger charge is -2.26. The highest BCUT2D eigenvalue weighted by Crippen LogP contribution is 2.18. The summed E-state index contributed by atoms with van der Waals surface area (Å²) in [6.07, 6.45) is 50.8. The molecule has 0 rings (SSSR count). The highest BCUT2D eigenvalue weighted by atomic mass is 16.3. The van der Waals surface area contributed by atoms with Crippen molar-refractivity contribution in [1.82, 2.24) is 5.32 Å². The number of carbonyl (C=O) groups is 1. The van der Waals surface area contributed by atoms with Gasteiger partial charge in [-0.15, -0.1) is 0 Å². The average molecular weight is 752 g/mol. The van der Waals surface area contributed by atoms with E-state index in [1.165, 1.54) is 218 Å². The van der Waals surface area contributed by atoms with E-state index >= 15 is 0 Å². The van der Waals surface area contributed by atoms with E-state index in [4.69, 9.17) is 0 Å². The van der Waals surface area contributed by atoms with Gasteiger partial charge in [0.15, 0.2) is 0 Å². The van der Waals surface area contributed by atoms with Gasteiger partial charge in [-0.25, -0.2) is 0 Å². The normalized spacial score (nSPS) is 13.4. The van der Waals surface area contributed by atoms with Crippen LogP contribution in [0.1, 0.15) is 277 Å². The summed E-state index contributed by atoms with van der Waals surface area (Å²) in [4.78, 5) is 12.5. The van der Waals surface area contributed by atoms with Gasteiger partial charge in [-0.3, -0.25) is 4.79 Å². The first-order valence-corrected chi connectivity index (χ1v) is 24.3. The second-order valence-electron chi connectivity index (χ2n) is 17.0. The molecule has 0 aromatic rings. The topological polar surface area (TPSA) is 89.8 Å². The lowest BCUT2D eigenvalue weighted by molar-refractivity contribution is -0.124. The van der Waals surface area contributed by atoms with Crippen LogP contribution in [-0.2, 0) is 4.79 Å². The zero-order chi connectivity index (χ0) is 38.7. The highest BCUT2D eigenvalue weighted by Gasteiger charge is 2.26. The van der Waals surface area contributed by atoms with Crippen LogP contribution in [0.4, 0.5) is 0 Å². The third kappa shape index (κ3) is 39.4. The predicted molar refractivity (Wildman–Crippen MR) is 232 cm³/mol. The number of nitrogens with one attached hydrogen (secondary N) is 1. The molecule has 0 heterocycles. The van der Waals surface area contributed by atoms with Gasteiger partial charge in [0.05, 0.1) is 18.8 Å². The molecule has 5 nitrogen and oxygen atoms in total. The van der Waals surface area contributed by atoms with Crippen LogP contribution in [0.5, 0.6) is 0 Å². The van der Waals surface area contributed by atoms with Crippen molar-refractivity contribution in [1.29, 1.82) is 0 Å². The molecule has 318 valence electrons. The first-order chi connectivity index (χ1) is 26.1. The standard InChI is InChI=1S/C48H97NO4/c1-3-5-7-9-11-13-15-17-19-20-21-22-23-24-25-26-27-29-31-33-35-37-39-41-43-47(52)49-45(44-50)48(53)46(51)42-40-38-36-34-32-30-28-18-16-14-12-10-8-6-4-2/h45-46,48,50-51,53H,3-44H2,1-2H3,(H,49,52)/t45-,46+,48-/m0/s1. The molecule has 0 unspecified atom stereocenters. The van der Waals surface area contributed by atoms with Crippen molar-refractivity contribution in [2.75, 3.05) is 6.61 Å². The van der Waals surface area contributed by atoms with Crippen molar-refractivity contribution in [3.8, 4) is 0 Å². The molecule has 0 radical (unpaired) electrons. The smallest absolute Gasteiger partial charge is 0.220 e. The number of unbranched alkanes of at least 4 members (excludes halogenated alkanes) is 37. The van der Waals surface area contributed by atoms with Crippen LogP contribution in [0.25, 0.3) is 0 Å². The molecule has 4 N–H and O–H groups in total. The van der Waals surface area contributed by atoms with E-state index in [2.05, 4.69) is 19.2 Å². The first-order valence-electron chi connectivity index (χ1n) is 24.3. The summed E-state index contributed by atoms with van der Waals surface area (Å²) in [5, 5.41) is 33.6. The van der Waals surface area contributed by atoms with Crippen molar-refractivity contribution < 1.29 is 20.1 Å². The zero-order valence-corrected chi connectivity index (χ0v) is 36.2. The van der Waals surface area contributed by atoms with Crippen molar-refractivity contribution in [3.05, 3.63) is 0 Å². The summed E-state index contributed by atoms with van der Waals surface area (Å²) in [5.74, 6) is -0.138. The molecule has 5 heteroatoms. The van der Waals surface area contributed by atoms with Gasteiger partial charge in [0.1, 0.15) is 6.10 Å². The lowest BCUT2D eigenvalue weighted by Crippen LogP contribution is -2.50. The molecule has 0 saturated carbocycles. The number of hydrogen-bond acceptors (Lipinski definition) is 4. The fourth-order valence-electron chi connectivity index (χ4n) is 7.93. The summed E-state index contributed by atoms with van der Waals surface area (Å²) >= 11 is 0. The molecule has 0 aromatic heterocycles. The van der Waals surface area contributed by atoms with E-state index in [9.17, 15) is 20.1 Å². The van der Waals surface area contributed by atoms with Gasteiger partial charge in [-0.2, -0.15) is 0 Å². The lowest BCUT2D eigenvalue weighted by atomic mass is 9.99. The molecule has 0 spiro atoms. The van der Waals surface area contributed by atoms with Gasteiger partial charge < -0.3 is 20.6 Å². The van der Waals surface area contributed by atoms with Gasteiger partial charge >= 0.3 is 0 Å². The summed E-state index contributed by atoms with van der Waals surface area (Å²) in [7, 11) is 0. The van der Waals surface area contributed by atoms with E-state index in [-0.39, 0.29) is 12.5 Å². The quantitative estimate of drug-likeness (QED) is 0.0466. The molecule has 0 aliphatic carbocycles. The number of rotatable bonds is 45. The highest BCUT2D eigenvalue weighted by molar-refractivity contribution is 5.76. The monoisotopic (exact) mass is 752 g/mol. The van der Waals surface area contributed by atoms with E-state index in [0.717, 1.165) is 32.1 Å². The second kappa shape index (κ2) is 44.1. The van der Waals surface area contributed by atoms with Crippen molar-refractivity contribution in [2.45, 2.75) is 295 Å². The fourth-order valence-corrected chi connectivity index (χ4v) is 7.93. The Hall–Kier alpha value is -0.650. The SMILES string of the molecule is CCCCCCCCCCCCCCCCCCCCCCCCCCC(=O)N[C@@H](CO)[C@H](O)[C@H](O)CCCCCCCCCCCCCCCCC. The number of amides is 1. The van der Waals surface area contributed by atoms with Crippen molar-refractivity contribution in [2.24, 2.45) is 0 Å². The number of carbonyl (C=O) groups excluding carboxylic acids is 1. The molecule has 0 aromatic carbocycles. The summed E-state index contributed by atoms with van der Waals surface area (Å²) < 4.78 is 0. The van der Waals surface area contributed by atoms with E-state index in [0.29, 0.717) is 12.8 Å². The third-order valence-electron chi connectivity index (χ3n) is 11.7. The number of aliphatic hydroxyl groups is 3. The van der Waals surface area contributed by atoms with Crippen LogP contribution in [0.15, 0.2) is 0 Å². The van der Waals surface area contributed by atoms with Gasteiger partial charge in [-0.05, 0) is 12.8 Å². The molecule has 53 heavy (non-hydrogen) atoms. The molecule has 0 bridgehead atoms. The van der Waals surface area contributed by atoms with E-state index in [1.807, 2.05) is 0 Å². The van der Waals surface area contributed by atoms with Gasteiger partial charge in [0.2, 0.25) is 5.91 Å². The van der Waals surface area contributed by atoms with Crippen LogP contribution < -0.4 is 5.32 Å². The molecule has 0 aliphatic heterocycles. The van der Waals surface area contributed by atoms with Crippen molar-refractivity contribution in [3.63, 3.8) is 0 Å². The maximum absolute atomic E-state index is 12.5.